The summed E-state index contributed by atoms with van der Waals surface area (Å²) < 4.78 is 27.6. The molecular weight excluding hydrogens is 332 g/mol. The van der Waals surface area contributed by atoms with E-state index in [1.54, 1.807) is 6.07 Å². The van der Waals surface area contributed by atoms with Gasteiger partial charge in [0.05, 0.1) is 15.8 Å². The number of non-ortho nitro benzene ring substituents is 1. The van der Waals surface area contributed by atoms with Gasteiger partial charge in [-0.2, -0.15) is 4.31 Å². The fourth-order valence-corrected chi connectivity index (χ4v) is 5.00. The van der Waals surface area contributed by atoms with Gasteiger partial charge in [0.25, 0.3) is 5.69 Å². The molecule has 1 fully saturated rings. The third kappa shape index (κ3) is 2.74. The van der Waals surface area contributed by atoms with E-state index in [4.69, 9.17) is 5.73 Å². The maximum absolute atomic E-state index is 13.1. The summed E-state index contributed by atoms with van der Waals surface area (Å²) in [7, 11) is -3.82. The largest absolute Gasteiger partial charge is 0.329 e. The Morgan fingerprint density at radius 2 is 2.12 bits per heavy atom. The lowest BCUT2D eigenvalue weighted by atomic mass is 10.1. The number of hydrogen-bond acceptors (Lipinski definition) is 6. The number of nitrogens with two attached hydrogens (primary N) is 1. The van der Waals surface area contributed by atoms with E-state index in [9.17, 15) is 18.5 Å². The summed E-state index contributed by atoms with van der Waals surface area (Å²) >= 11 is 0. The number of rotatable bonds is 4. The van der Waals surface area contributed by atoms with Crippen LogP contribution in [0.25, 0.3) is 10.9 Å². The zero-order chi connectivity index (χ0) is 17.3. The van der Waals surface area contributed by atoms with Crippen LogP contribution in [0.1, 0.15) is 19.3 Å². The SMILES string of the molecule is NCC1CCCCN1S(=O)(=O)c1ccc([N+](=O)[O-])c2cccnc12. The fourth-order valence-electron chi connectivity index (χ4n) is 3.15. The molecule has 1 atom stereocenters. The lowest BCUT2D eigenvalue weighted by molar-refractivity contribution is -0.383. The predicted molar refractivity (Wildman–Crippen MR) is 89.0 cm³/mol. The van der Waals surface area contributed by atoms with Crippen LogP contribution in [0.5, 0.6) is 0 Å². The molecule has 0 radical (unpaired) electrons. The molecule has 0 spiro atoms. The van der Waals surface area contributed by atoms with Crippen molar-refractivity contribution in [3.63, 3.8) is 0 Å². The Balaban J connectivity index is 2.18. The minimum atomic E-state index is -3.82. The van der Waals surface area contributed by atoms with Gasteiger partial charge in [-0.3, -0.25) is 15.1 Å². The van der Waals surface area contributed by atoms with E-state index >= 15 is 0 Å². The molecule has 0 saturated carbocycles. The zero-order valence-corrected chi connectivity index (χ0v) is 13.8. The minimum Gasteiger partial charge on any atom is -0.329 e. The van der Waals surface area contributed by atoms with Crippen LogP contribution in [-0.4, -0.2) is 41.8 Å². The standard InChI is InChI=1S/C15H18N4O4S/c16-10-11-4-1-2-9-18(11)24(22,23)14-7-6-13(19(20)21)12-5-3-8-17-15(12)14/h3,5-8,11H,1-2,4,9-10,16H2. The van der Waals surface area contributed by atoms with Crippen molar-refractivity contribution in [1.82, 2.24) is 9.29 Å². The molecule has 1 aromatic heterocycles. The monoisotopic (exact) mass is 350 g/mol. The summed E-state index contributed by atoms with van der Waals surface area (Å²) in [6.45, 7) is 0.646. The van der Waals surface area contributed by atoms with E-state index in [0.29, 0.717) is 13.0 Å². The van der Waals surface area contributed by atoms with Crippen LogP contribution in [0.2, 0.25) is 0 Å². The molecule has 1 saturated heterocycles. The average molecular weight is 350 g/mol. The van der Waals surface area contributed by atoms with Gasteiger partial charge in [0.15, 0.2) is 0 Å². The predicted octanol–water partition coefficient (Wildman–Crippen LogP) is 1.64. The highest BCUT2D eigenvalue weighted by atomic mass is 32.2. The molecule has 2 aromatic rings. The quantitative estimate of drug-likeness (QED) is 0.661. The number of nitro groups is 1. The van der Waals surface area contributed by atoms with Crippen LogP contribution in [0.4, 0.5) is 5.69 Å². The second-order valence-electron chi connectivity index (χ2n) is 5.74. The van der Waals surface area contributed by atoms with Crippen molar-refractivity contribution in [2.75, 3.05) is 13.1 Å². The first-order chi connectivity index (χ1) is 11.5. The van der Waals surface area contributed by atoms with E-state index in [0.717, 1.165) is 12.8 Å². The lowest BCUT2D eigenvalue weighted by Gasteiger charge is -2.34. The molecule has 2 heterocycles. The Hall–Kier alpha value is -2.10. The van der Waals surface area contributed by atoms with E-state index in [-0.39, 0.29) is 34.1 Å². The number of nitrogens with zero attached hydrogens (tertiary/aromatic N) is 3. The highest BCUT2D eigenvalue weighted by Gasteiger charge is 2.34. The van der Waals surface area contributed by atoms with Crippen LogP contribution in [0.15, 0.2) is 35.4 Å². The third-order valence-corrected chi connectivity index (χ3v) is 6.32. The van der Waals surface area contributed by atoms with E-state index in [1.165, 1.54) is 28.7 Å². The van der Waals surface area contributed by atoms with Gasteiger partial charge in [0.1, 0.15) is 4.90 Å². The summed E-state index contributed by atoms with van der Waals surface area (Å²) in [5, 5.41) is 11.4. The van der Waals surface area contributed by atoms with Crippen LogP contribution >= 0.6 is 0 Å². The van der Waals surface area contributed by atoms with Gasteiger partial charge in [-0.05, 0) is 31.0 Å². The van der Waals surface area contributed by atoms with Crippen molar-refractivity contribution in [1.29, 1.82) is 0 Å². The first-order valence-corrected chi connectivity index (χ1v) is 9.15. The Morgan fingerprint density at radius 3 is 2.83 bits per heavy atom. The molecule has 9 heteroatoms. The van der Waals surface area contributed by atoms with Crippen LogP contribution in [0.3, 0.4) is 0 Å². The number of pyridine rings is 1. The number of nitro benzene ring substituents is 1. The number of fused-ring (bicyclic) bond motifs is 1. The topological polar surface area (TPSA) is 119 Å². The number of piperidine rings is 1. The first kappa shape index (κ1) is 16.7. The highest BCUT2D eigenvalue weighted by Crippen LogP contribution is 2.33. The highest BCUT2D eigenvalue weighted by molar-refractivity contribution is 7.89. The molecule has 1 aliphatic heterocycles. The number of sulfonamides is 1. The summed E-state index contributed by atoms with van der Waals surface area (Å²) in [6, 6.07) is 5.30. The van der Waals surface area contributed by atoms with Gasteiger partial charge in [-0.15, -0.1) is 0 Å². The number of hydrogen-bond donors (Lipinski definition) is 1. The second kappa shape index (κ2) is 6.42. The summed E-state index contributed by atoms with van der Waals surface area (Å²) in [6.07, 6.45) is 3.86. The van der Waals surface area contributed by atoms with E-state index < -0.39 is 14.9 Å². The van der Waals surface area contributed by atoms with Crippen LogP contribution in [0, 0.1) is 10.1 Å². The minimum absolute atomic E-state index is 0.0101. The molecule has 1 aliphatic rings. The third-order valence-electron chi connectivity index (χ3n) is 4.34. The van der Waals surface area contributed by atoms with Gasteiger partial charge in [-0.1, -0.05) is 6.42 Å². The molecule has 24 heavy (non-hydrogen) atoms. The molecule has 1 aromatic carbocycles. The second-order valence-corrected chi connectivity index (χ2v) is 7.60. The molecule has 0 bridgehead atoms. The molecule has 128 valence electrons. The van der Waals surface area contributed by atoms with Crippen molar-refractivity contribution in [2.24, 2.45) is 5.73 Å². The fraction of sp³-hybridized carbons (Fsp3) is 0.400. The van der Waals surface area contributed by atoms with Crippen molar-refractivity contribution in [3.05, 3.63) is 40.6 Å². The van der Waals surface area contributed by atoms with Gasteiger partial charge in [0, 0.05) is 31.4 Å². The maximum atomic E-state index is 13.1. The van der Waals surface area contributed by atoms with Gasteiger partial charge in [0.2, 0.25) is 10.0 Å². The lowest BCUT2D eigenvalue weighted by Crippen LogP contribution is -2.47. The smallest absolute Gasteiger partial charge is 0.278 e. The molecular formula is C15H18N4O4S. The Labute approximate surface area is 139 Å². The summed E-state index contributed by atoms with van der Waals surface area (Å²) in [5.41, 5.74) is 5.69. The van der Waals surface area contributed by atoms with E-state index in [2.05, 4.69) is 4.98 Å². The van der Waals surface area contributed by atoms with E-state index in [1.807, 2.05) is 0 Å². The Bertz CT molecular complexity index is 884. The molecule has 1 unspecified atom stereocenters. The van der Waals surface area contributed by atoms with Crippen molar-refractivity contribution in [3.8, 4) is 0 Å². The zero-order valence-electron chi connectivity index (χ0n) is 13.0. The number of aromatic nitrogens is 1. The summed E-state index contributed by atoms with van der Waals surface area (Å²) in [4.78, 5) is 14.7. The molecule has 0 amide bonds. The molecule has 8 nitrogen and oxygen atoms in total. The Kier molecular flexibility index (Phi) is 4.48. The average Bonchev–Trinajstić information content (AvgIpc) is 2.60. The molecule has 3 rings (SSSR count). The van der Waals surface area contributed by atoms with Gasteiger partial charge in [-0.25, -0.2) is 8.42 Å². The van der Waals surface area contributed by atoms with Gasteiger partial charge >= 0.3 is 0 Å². The number of benzene rings is 1. The van der Waals surface area contributed by atoms with Crippen molar-refractivity contribution < 1.29 is 13.3 Å². The van der Waals surface area contributed by atoms with Crippen molar-refractivity contribution >= 4 is 26.6 Å². The van der Waals surface area contributed by atoms with Crippen LogP contribution < -0.4 is 5.73 Å². The molecule has 0 aliphatic carbocycles. The van der Waals surface area contributed by atoms with Crippen molar-refractivity contribution in [2.45, 2.75) is 30.2 Å². The first-order valence-electron chi connectivity index (χ1n) is 7.71. The normalized spacial score (nSPS) is 19.5. The van der Waals surface area contributed by atoms with Gasteiger partial charge < -0.3 is 5.73 Å². The molecule has 2 N–H and O–H groups in total. The summed E-state index contributed by atoms with van der Waals surface area (Å²) in [5.74, 6) is 0. The van der Waals surface area contributed by atoms with Crippen LogP contribution in [-0.2, 0) is 10.0 Å². The maximum Gasteiger partial charge on any atom is 0.278 e. The Morgan fingerprint density at radius 1 is 1.33 bits per heavy atom.